The summed E-state index contributed by atoms with van der Waals surface area (Å²) in [5, 5.41) is 3.43. The van der Waals surface area contributed by atoms with Gasteiger partial charge in [-0.1, -0.05) is 30.7 Å². The number of nitrogens with one attached hydrogen (secondary N) is 1. The van der Waals surface area contributed by atoms with Crippen LogP contribution in [-0.4, -0.2) is 35.9 Å². The zero-order valence-electron chi connectivity index (χ0n) is 16.0. The second kappa shape index (κ2) is 11.3. The summed E-state index contributed by atoms with van der Waals surface area (Å²) in [6.45, 7) is 4.40. The summed E-state index contributed by atoms with van der Waals surface area (Å²) in [7, 11) is 0. The molecule has 28 heavy (non-hydrogen) atoms. The van der Waals surface area contributed by atoms with Gasteiger partial charge in [0.2, 0.25) is 5.91 Å². The van der Waals surface area contributed by atoms with E-state index in [1.165, 1.54) is 4.90 Å². The van der Waals surface area contributed by atoms with Crippen molar-refractivity contribution >= 4 is 46.0 Å². The molecule has 7 heteroatoms. The minimum absolute atomic E-state index is 0.146. The first-order valence-electron chi connectivity index (χ1n) is 9.10. The van der Waals surface area contributed by atoms with Crippen LogP contribution in [0.4, 0.5) is 0 Å². The van der Waals surface area contributed by atoms with E-state index >= 15 is 0 Å². The van der Waals surface area contributed by atoms with Crippen molar-refractivity contribution < 1.29 is 14.3 Å². The quantitative estimate of drug-likeness (QED) is 0.509. The Balaban J connectivity index is 2.12. The lowest BCUT2D eigenvalue weighted by Crippen LogP contribution is -2.49. The molecule has 0 aliphatic carbocycles. The molecule has 0 fully saturated rings. The molecule has 1 unspecified atom stereocenters. The van der Waals surface area contributed by atoms with Crippen molar-refractivity contribution in [3.63, 3.8) is 0 Å². The number of nitrogens with zero attached hydrogens (tertiary/aromatic N) is 1. The third-order valence-corrected chi connectivity index (χ3v) is 5.09. The Labute approximate surface area is 184 Å². The van der Waals surface area contributed by atoms with Crippen LogP contribution in [0.25, 0.3) is 0 Å². The number of carbonyl (C=O) groups excluding carboxylic acids is 2. The summed E-state index contributed by atoms with van der Waals surface area (Å²) in [4.78, 5) is 26.8. The van der Waals surface area contributed by atoms with Crippen molar-refractivity contribution in [2.75, 3.05) is 13.2 Å². The minimum Gasteiger partial charge on any atom is -0.484 e. The Hall–Kier alpha value is -1.80. The van der Waals surface area contributed by atoms with Crippen molar-refractivity contribution in [3.05, 3.63) is 62.7 Å². The lowest BCUT2D eigenvalue weighted by molar-refractivity contribution is -0.142. The Morgan fingerprint density at radius 2 is 1.93 bits per heavy atom. The third-order valence-electron chi connectivity index (χ3n) is 4.13. The first kappa shape index (κ1) is 22.5. The fourth-order valence-corrected chi connectivity index (χ4v) is 3.14. The van der Waals surface area contributed by atoms with Crippen LogP contribution in [-0.2, 0) is 16.1 Å². The first-order chi connectivity index (χ1) is 13.4. The lowest BCUT2D eigenvalue weighted by Gasteiger charge is -2.28. The smallest absolute Gasteiger partial charge is 0.261 e. The number of rotatable bonds is 9. The maximum atomic E-state index is 12.9. The van der Waals surface area contributed by atoms with Crippen molar-refractivity contribution in [1.29, 1.82) is 0 Å². The molecule has 0 saturated heterocycles. The maximum absolute atomic E-state index is 12.9. The predicted octanol–water partition coefficient (Wildman–Crippen LogP) is 4.27. The number of amides is 2. The summed E-state index contributed by atoms with van der Waals surface area (Å²) < 4.78 is 6.71. The molecule has 0 aliphatic heterocycles. The largest absolute Gasteiger partial charge is 0.484 e. The molecular weight excluding hydrogens is 491 g/mol. The average molecular weight is 515 g/mol. The zero-order valence-corrected chi connectivity index (χ0v) is 18.9. The molecule has 0 saturated carbocycles. The van der Waals surface area contributed by atoms with Gasteiger partial charge < -0.3 is 15.0 Å². The number of halogens is 2. The van der Waals surface area contributed by atoms with Gasteiger partial charge in [0, 0.05) is 21.7 Å². The van der Waals surface area contributed by atoms with Gasteiger partial charge >= 0.3 is 0 Å². The monoisotopic (exact) mass is 514 g/mol. The first-order valence-corrected chi connectivity index (χ1v) is 10.6. The molecular formula is C21H24ClIN2O3. The summed E-state index contributed by atoms with van der Waals surface area (Å²) >= 11 is 8.27. The van der Waals surface area contributed by atoms with Gasteiger partial charge in [0.15, 0.2) is 6.61 Å². The van der Waals surface area contributed by atoms with Crippen LogP contribution in [0.15, 0.2) is 48.5 Å². The van der Waals surface area contributed by atoms with Crippen molar-refractivity contribution in [1.82, 2.24) is 10.2 Å². The Bertz CT molecular complexity index is 798. The van der Waals surface area contributed by atoms with E-state index in [0.717, 1.165) is 15.6 Å². The molecule has 1 atom stereocenters. The van der Waals surface area contributed by atoms with E-state index in [4.69, 9.17) is 16.3 Å². The molecule has 150 valence electrons. The number of hydrogen-bond acceptors (Lipinski definition) is 3. The van der Waals surface area contributed by atoms with Crippen molar-refractivity contribution in [2.24, 2.45) is 0 Å². The molecule has 0 aliphatic rings. The van der Waals surface area contributed by atoms with E-state index in [9.17, 15) is 9.59 Å². The van der Waals surface area contributed by atoms with E-state index in [0.29, 0.717) is 17.3 Å². The summed E-state index contributed by atoms with van der Waals surface area (Å²) in [6, 6.07) is 14.1. The van der Waals surface area contributed by atoms with Gasteiger partial charge in [-0.05, 0) is 77.9 Å². The van der Waals surface area contributed by atoms with Gasteiger partial charge in [-0.2, -0.15) is 0 Å². The molecule has 0 bridgehead atoms. The number of ether oxygens (including phenoxy) is 1. The van der Waals surface area contributed by atoms with Gasteiger partial charge in [-0.15, -0.1) is 0 Å². The summed E-state index contributed by atoms with van der Waals surface area (Å²) in [5.74, 6) is 0.156. The van der Waals surface area contributed by atoms with Gasteiger partial charge in [0.05, 0.1) is 0 Å². The van der Waals surface area contributed by atoms with E-state index in [1.54, 1.807) is 19.1 Å². The van der Waals surface area contributed by atoms with Gasteiger partial charge in [0.1, 0.15) is 11.8 Å². The van der Waals surface area contributed by atoms with Crippen LogP contribution >= 0.6 is 34.2 Å². The maximum Gasteiger partial charge on any atom is 0.261 e. The van der Waals surface area contributed by atoms with Gasteiger partial charge in [-0.25, -0.2) is 0 Å². The second-order valence-electron chi connectivity index (χ2n) is 6.36. The highest BCUT2D eigenvalue weighted by molar-refractivity contribution is 14.1. The molecule has 0 spiro atoms. The van der Waals surface area contributed by atoms with Gasteiger partial charge in [0.25, 0.3) is 5.91 Å². The Morgan fingerprint density at radius 3 is 2.57 bits per heavy atom. The molecule has 2 aromatic rings. The average Bonchev–Trinajstić information content (AvgIpc) is 2.69. The zero-order chi connectivity index (χ0) is 20.5. The molecule has 2 aromatic carbocycles. The molecule has 0 aromatic heterocycles. The number of hydrogen-bond donors (Lipinski definition) is 1. The minimum atomic E-state index is -0.627. The topological polar surface area (TPSA) is 58.6 Å². The van der Waals surface area contributed by atoms with Crippen LogP contribution in [0.3, 0.4) is 0 Å². The lowest BCUT2D eigenvalue weighted by atomic mass is 10.1. The van der Waals surface area contributed by atoms with Crippen LogP contribution in [0.1, 0.15) is 25.8 Å². The van der Waals surface area contributed by atoms with Crippen LogP contribution < -0.4 is 10.1 Å². The Kier molecular flexibility index (Phi) is 9.05. The van der Waals surface area contributed by atoms with Crippen molar-refractivity contribution in [2.45, 2.75) is 32.9 Å². The summed E-state index contributed by atoms with van der Waals surface area (Å²) in [5.41, 5.74) is 0.852. The molecule has 5 nitrogen and oxygen atoms in total. The standard InChI is InChI=1S/C21H24ClIN2O3/c1-3-11-24-21(27)15(2)25(13-16-5-4-6-17(22)12-16)20(26)14-28-19-9-7-18(23)8-10-19/h4-10,12,15H,3,11,13-14H2,1-2H3,(H,24,27). The fraction of sp³-hybridized carbons (Fsp3) is 0.333. The SMILES string of the molecule is CCCNC(=O)C(C)N(Cc1cccc(Cl)c1)C(=O)COc1ccc(I)cc1. The number of carbonyl (C=O) groups is 2. The summed E-state index contributed by atoms with van der Waals surface area (Å²) in [6.07, 6.45) is 0.830. The van der Waals surface area contributed by atoms with Crippen LogP contribution in [0.2, 0.25) is 5.02 Å². The second-order valence-corrected chi connectivity index (χ2v) is 8.04. The van der Waals surface area contributed by atoms with E-state index < -0.39 is 6.04 Å². The van der Waals surface area contributed by atoms with Crippen LogP contribution in [0, 0.1) is 3.57 Å². The van der Waals surface area contributed by atoms with Crippen molar-refractivity contribution in [3.8, 4) is 5.75 Å². The molecule has 1 N–H and O–H groups in total. The molecule has 2 rings (SSSR count). The van der Waals surface area contributed by atoms with E-state index in [-0.39, 0.29) is 25.0 Å². The Morgan fingerprint density at radius 1 is 1.21 bits per heavy atom. The van der Waals surface area contributed by atoms with E-state index in [1.807, 2.05) is 43.3 Å². The van der Waals surface area contributed by atoms with Crippen LogP contribution in [0.5, 0.6) is 5.75 Å². The molecule has 0 heterocycles. The van der Waals surface area contributed by atoms with Gasteiger partial charge in [-0.3, -0.25) is 9.59 Å². The molecule has 2 amide bonds. The van der Waals surface area contributed by atoms with E-state index in [2.05, 4.69) is 27.9 Å². The molecule has 0 radical (unpaired) electrons. The predicted molar refractivity (Wildman–Crippen MR) is 119 cm³/mol. The highest BCUT2D eigenvalue weighted by Gasteiger charge is 2.26. The third kappa shape index (κ3) is 6.98. The highest BCUT2D eigenvalue weighted by Crippen LogP contribution is 2.16. The fourth-order valence-electron chi connectivity index (χ4n) is 2.57. The number of benzene rings is 2. The normalized spacial score (nSPS) is 11.6. The highest BCUT2D eigenvalue weighted by atomic mass is 127.